The zero-order valence-corrected chi connectivity index (χ0v) is 23.6. The van der Waals surface area contributed by atoms with E-state index in [2.05, 4.69) is 104 Å². The molecular formula is C36H24N2S2. The molecule has 0 radical (unpaired) electrons. The minimum absolute atomic E-state index is 0.0556. The van der Waals surface area contributed by atoms with E-state index in [-0.39, 0.29) is 5.37 Å². The first-order valence-electron chi connectivity index (χ1n) is 13.9. The summed E-state index contributed by atoms with van der Waals surface area (Å²) in [5.74, 6) is 0. The van der Waals surface area contributed by atoms with Gasteiger partial charge in [0.25, 0.3) is 0 Å². The number of allylic oxidation sites excluding steroid dienone is 4. The Kier molecular flexibility index (Phi) is 4.91. The van der Waals surface area contributed by atoms with Gasteiger partial charge in [-0.05, 0) is 85.8 Å². The molecule has 0 spiro atoms. The molecule has 2 nitrogen and oxygen atoms in total. The SMILES string of the molecule is CC1N=C(c2ccc3c4c(cccc24)-c2ccccc2-3)SN=C(c2ccc3c4c(cccc24)C2=CCCC=C23)S1. The van der Waals surface area contributed by atoms with Gasteiger partial charge in [0.1, 0.15) is 10.1 Å². The number of benzene rings is 5. The highest BCUT2D eigenvalue weighted by molar-refractivity contribution is 8.18. The normalized spacial score (nSPS) is 18.6. The molecule has 1 aliphatic heterocycles. The minimum atomic E-state index is 0.0556. The summed E-state index contributed by atoms with van der Waals surface area (Å²) in [6, 6.07) is 31.3. The molecule has 0 amide bonds. The second-order valence-electron chi connectivity index (χ2n) is 10.8. The fraction of sp³-hybridized carbons (Fsp3) is 0.111. The molecule has 0 fully saturated rings. The lowest BCUT2D eigenvalue weighted by molar-refractivity contribution is 1.05. The average Bonchev–Trinajstić information content (AvgIpc) is 3.42. The molecule has 9 rings (SSSR count). The number of fused-ring (bicyclic) bond motifs is 6. The van der Waals surface area contributed by atoms with Gasteiger partial charge in [-0.25, -0.2) is 4.40 Å². The third-order valence-electron chi connectivity index (χ3n) is 8.58. The molecule has 0 saturated carbocycles. The van der Waals surface area contributed by atoms with Crippen LogP contribution in [0.5, 0.6) is 0 Å². The summed E-state index contributed by atoms with van der Waals surface area (Å²) in [4.78, 5) is 5.20. The van der Waals surface area contributed by atoms with Gasteiger partial charge in [0.15, 0.2) is 0 Å². The summed E-state index contributed by atoms with van der Waals surface area (Å²) in [6.45, 7) is 2.19. The Balaban J connectivity index is 1.16. The first-order valence-corrected chi connectivity index (χ1v) is 15.5. The summed E-state index contributed by atoms with van der Waals surface area (Å²) in [6.07, 6.45) is 7.07. The van der Waals surface area contributed by atoms with Crippen LogP contribution in [0.1, 0.15) is 42.0 Å². The standard InChI is InChI=1S/C36H24N2S2/c1-20-37-35(31-18-16-29-23-10-4-2-8-21(23)25-12-6-14-27(31)33(25)29)40-38-36(39-20)32-19-17-30-24-11-5-3-9-22(24)26-13-7-15-28(32)34(26)30/h2,4,6-20H,3,5H2,1H3. The van der Waals surface area contributed by atoms with Crippen molar-refractivity contribution in [1.29, 1.82) is 0 Å². The highest BCUT2D eigenvalue weighted by Crippen LogP contribution is 2.50. The van der Waals surface area contributed by atoms with Gasteiger partial charge in [-0.3, -0.25) is 4.99 Å². The van der Waals surface area contributed by atoms with Gasteiger partial charge in [0, 0.05) is 23.1 Å². The average molecular weight is 549 g/mol. The van der Waals surface area contributed by atoms with E-state index in [1.807, 2.05) is 0 Å². The van der Waals surface area contributed by atoms with Gasteiger partial charge in [0.2, 0.25) is 0 Å². The van der Waals surface area contributed by atoms with Crippen molar-refractivity contribution in [2.75, 3.05) is 0 Å². The molecule has 0 bridgehead atoms. The van der Waals surface area contributed by atoms with Crippen molar-refractivity contribution in [1.82, 2.24) is 0 Å². The first kappa shape index (κ1) is 22.9. The minimum Gasteiger partial charge on any atom is -0.262 e. The lowest BCUT2D eigenvalue weighted by atomic mass is 9.96. The van der Waals surface area contributed by atoms with Crippen LogP contribution in [0, 0.1) is 0 Å². The van der Waals surface area contributed by atoms with Crippen LogP contribution in [-0.4, -0.2) is 15.5 Å². The van der Waals surface area contributed by atoms with Crippen molar-refractivity contribution in [3.8, 4) is 22.3 Å². The molecular weight excluding hydrogens is 525 g/mol. The molecule has 0 saturated heterocycles. The molecule has 5 aromatic rings. The Morgan fingerprint density at radius 1 is 0.550 bits per heavy atom. The van der Waals surface area contributed by atoms with Crippen molar-refractivity contribution in [3.63, 3.8) is 0 Å². The van der Waals surface area contributed by atoms with E-state index < -0.39 is 0 Å². The van der Waals surface area contributed by atoms with Crippen LogP contribution in [0.3, 0.4) is 0 Å². The quantitative estimate of drug-likeness (QED) is 0.201. The highest BCUT2D eigenvalue weighted by atomic mass is 32.2. The van der Waals surface area contributed by atoms with E-state index in [9.17, 15) is 0 Å². The van der Waals surface area contributed by atoms with Crippen LogP contribution in [-0.2, 0) is 0 Å². The molecule has 1 heterocycles. The smallest absolute Gasteiger partial charge is 0.122 e. The summed E-state index contributed by atoms with van der Waals surface area (Å²) < 4.78 is 5.17. The third-order valence-corrected chi connectivity index (χ3v) is 10.4. The Morgan fingerprint density at radius 2 is 1.07 bits per heavy atom. The van der Waals surface area contributed by atoms with Crippen molar-refractivity contribution in [2.45, 2.75) is 25.1 Å². The Labute approximate surface area is 241 Å². The van der Waals surface area contributed by atoms with E-state index in [0.29, 0.717) is 0 Å². The Morgan fingerprint density at radius 3 is 1.80 bits per heavy atom. The summed E-state index contributed by atoms with van der Waals surface area (Å²) in [7, 11) is 0. The second kappa shape index (κ2) is 8.57. The maximum Gasteiger partial charge on any atom is 0.122 e. The number of nitrogens with zero attached hydrogens (tertiary/aromatic N) is 2. The van der Waals surface area contributed by atoms with Gasteiger partial charge in [0.05, 0.1) is 5.37 Å². The van der Waals surface area contributed by atoms with Crippen molar-refractivity contribution >= 4 is 66.5 Å². The molecule has 4 heteroatoms. The lowest BCUT2D eigenvalue weighted by Crippen LogP contribution is -2.03. The number of rotatable bonds is 2. The van der Waals surface area contributed by atoms with Crippen LogP contribution in [0.25, 0.3) is 54.9 Å². The largest absolute Gasteiger partial charge is 0.262 e. The molecule has 0 N–H and O–H groups in total. The zero-order chi connectivity index (χ0) is 26.4. The van der Waals surface area contributed by atoms with Crippen molar-refractivity contribution < 1.29 is 0 Å². The van der Waals surface area contributed by atoms with Gasteiger partial charge >= 0.3 is 0 Å². The summed E-state index contributed by atoms with van der Waals surface area (Å²) in [5.41, 5.74) is 13.2. The van der Waals surface area contributed by atoms with Crippen LogP contribution in [0.2, 0.25) is 0 Å². The summed E-state index contributed by atoms with van der Waals surface area (Å²) >= 11 is 3.28. The number of aliphatic imine (C=N–C) groups is 1. The molecule has 3 aliphatic carbocycles. The fourth-order valence-corrected chi connectivity index (χ4v) is 8.82. The van der Waals surface area contributed by atoms with E-state index >= 15 is 0 Å². The van der Waals surface area contributed by atoms with E-state index in [1.54, 1.807) is 11.8 Å². The second-order valence-corrected chi connectivity index (χ2v) is 12.8. The van der Waals surface area contributed by atoms with Crippen LogP contribution < -0.4 is 0 Å². The molecule has 190 valence electrons. The third kappa shape index (κ3) is 3.15. The van der Waals surface area contributed by atoms with E-state index in [4.69, 9.17) is 9.39 Å². The molecule has 4 aliphatic rings. The molecule has 1 unspecified atom stereocenters. The predicted molar refractivity (Wildman–Crippen MR) is 175 cm³/mol. The van der Waals surface area contributed by atoms with Crippen LogP contribution in [0.4, 0.5) is 0 Å². The lowest BCUT2D eigenvalue weighted by Gasteiger charge is -2.11. The van der Waals surface area contributed by atoms with Crippen molar-refractivity contribution in [3.05, 3.63) is 119 Å². The van der Waals surface area contributed by atoms with Crippen LogP contribution in [0.15, 0.2) is 106 Å². The zero-order valence-electron chi connectivity index (χ0n) is 21.9. The van der Waals surface area contributed by atoms with Crippen LogP contribution >= 0.6 is 23.7 Å². The van der Waals surface area contributed by atoms with Gasteiger partial charge in [-0.2, -0.15) is 0 Å². The Hall–Kier alpha value is -3.86. The summed E-state index contributed by atoms with van der Waals surface area (Å²) in [5, 5.41) is 7.34. The van der Waals surface area contributed by atoms with E-state index in [0.717, 1.165) is 22.9 Å². The highest BCUT2D eigenvalue weighted by Gasteiger charge is 2.28. The van der Waals surface area contributed by atoms with Crippen molar-refractivity contribution in [2.24, 2.45) is 9.39 Å². The van der Waals surface area contributed by atoms with E-state index in [1.165, 1.54) is 89.1 Å². The maximum atomic E-state index is 5.20. The molecule has 0 aromatic heterocycles. The van der Waals surface area contributed by atoms with Gasteiger partial charge in [-0.15, -0.1) is 0 Å². The predicted octanol–water partition coefficient (Wildman–Crippen LogP) is 10.1. The molecule has 40 heavy (non-hydrogen) atoms. The van der Waals surface area contributed by atoms with Gasteiger partial charge in [-0.1, -0.05) is 109 Å². The molecule has 5 aromatic carbocycles. The first-order chi connectivity index (χ1) is 19.8. The fourth-order valence-electron chi connectivity index (χ4n) is 6.94. The maximum absolute atomic E-state index is 5.20. The van der Waals surface area contributed by atoms with Gasteiger partial charge < -0.3 is 0 Å². The Bertz CT molecular complexity index is 2020. The number of hydrogen-bond acceptors (Lipinski definition) is 4. The topological polar surface area (TPSA) is 24.7 Å². The monoisotopic (exact) mass is 548 g/mol. The molecule has 1 atom stereocenters. The number of hydrogen-bond donors (Lipinski definition) is 0. The number of thioether (sulfide) groups is 1.